The largest absolute Gasteiger partial charge is 0.445 e. The first-order valence-corrected chi connectivity index (χ1v) is 41.0. The average Bonchev–Trinajstić information content (AvgIpc) is 1.59. The summed E-state index contributed by atoms with van der Waals surface area (Å²) in [5, 5.41) is 19.6. The van der Waals surface area contributed by atoms with Crippen LogP contribution in [0.3, 0.4) is 0 Å². The van der Waals surface area contributed by atoms with Gasteiger partial charge >= 0.3 is 12.1 Å². The second kappa shape index (κ2) is 40.0. The number of likely N-dealkylation sites (N-methyl/N-ethyl adjacent to an activating group) is 2. The summed E-state index contributed by atoms with van der Waals surface area (Å²) in [7, 11) is 2.09. The van der Waals surface area contributed by atoms with Gasteiger partial charge in [-0.25, -0.2) is 18.0 Å². The third-order valence-electron chi connectivity index (χ3n) is 20.8. The highest BCUT2D eigenvalue weighted by Gasteiger charge is 2.53. The van der Waals surface area contributed by atoms with E-state index in [4.69, 9.17) is 19.9 Å². The number of hydrogen-bond donors (Lipinski definition) is 5. The van der Waals surface area contributed by atoms with Crippen LogP contribution in [0.25, 0.3) is 0 Å². The number of rotatable bonds is 41. The van der Waals surface area contributed by atoms with E-state index in [0.29, 0.717) is 52.0 Å². The van der Waals surface area contributed by atoms with Crippen molar-refractivity contribution >= 4 is 116 Å². The molecule has 4 aliphatic rings. The maximum Gasteiger partial charge on any atom is 0.410 e. The molecule has 0 aliphatic carbocycles. The average molecular weight is 1530 g/mol. The Hall–Kier alpha value is -6.41. The molecule has 0 radical (unpaired) electrons. The van der Waals surface area contributed by atoms with Crippen LogP contribution >= 0.6 is 35.3 Å². The molecule has 0 aromatic heterocycles. The number of ether oxygens (including phenoxy) is 3. The van der Waals surface area contributed by atoms with Crippen LogP contribution in [-0.2, 0) is 74.0 Å². The van der Waals surface area contributed by atoms with Gasteiger partial charge in [-0.05, 0) is 91.2 Å². The minimum atomic E-state index is -4.10. The molecule has 4 heterocycles. The molecule has 2 saturated heterocycles. The fraction of sp³-hybridized carbons (Fsp3) is 0.662. The van der Waals surface area contributed by atoms with E-state index in [1.54, 1.807) is 82.2 Å². The number of amides is 9. The number of Topliss-reactive ketones (excluding diaryl/α,β-unsaturated/α-hetero) is 3. The number of sulfonamides is 1. The van der Waals surface area contributed by atoms with Crippen molar-refractivity contribution in [3.63, 3.8) is 0 Å². The third-order valence-corrected chi connectivity index (χ3v) is 25.9. The molecule has 0 bridgehead atoms. The van der Waals surface area contributed by atoms with E-state index in [1.807, 2.05) is 71.9 Å². The van der Waals surface area contributed by atoms with Gasteiger partial charge in [0, 0.05) is 101 Å². The van der Waals surface area contributed by atoms with Gasteiger partial charge in [0.25, 0.3) is 11.8 Å². The van der Waals surface area contributed by atoms with Gasteiger partial charge in [0.15, 0.2) is 11.6 Å². The Balaban J connectivity index is 1.07. The number of methoxy groups -OCH3 is 2. The molecule has 4 aliphatic heterocycles. The molecular weight excluding hydrogens is 1420 g/mol. The topological polar surface area (TPSA) is 348 Å². The predicted molar refractivity (Wildman–Crippen MR) is 403 cm³/mol. The molecular formula is C74H111N9O17S4. The van der Waals surface area contributed by atoms with E-state index < -0.39 is 136 Å². The summed E-state index contributed by atoms with van der Waals surface area (Å²) in [6.45, 7) is 18.3. The molecule has 30 heteroatoms. The molecule has 0 spiro atoms. The minimum Gasteiger partial charge on any atom is -0.445 e. The summed E-state index contributed by atoms with van der Waals surface area (Å²) in [6.07, 6.45) is 0.272. The number of hydrogen-bond acceptors (Lipinski definition) is 20. The van der Waals surface area contributed by atoms with E-state index in [9.17, 15) is 66.3 Å². The van der Waals surface area contributed by atoms with E-state index in [1.165, 1.54) is 54.3 Å². The molecule has 9 amide bonds. The number of carbonyl (C=O) groups excluding carboxylic acids is 11. The van der Waals surface area contributed by atoms with Gasteiger partial charge in [0.1, 0.15) is 18.4 Å². The Labute approximate surface area is 626 Å². The Morgan fingerprint density at radius 3 is 2.00 bits per heavy atom. The van der Waals surface area contributed by atoms with Crippen molar-refractivity contribution < 1.29 is 80.5 Å². The molecule has 2 aromatic rings. The lowest BCUT2D eigenvalue weighted by atomic mass is 9.83. The summed E-state index contributed by atoms with van der Waals surface area (Å²) in [4.78, 5) is 160. The number of imide groups is 1. The lowest BCUT2D eigenvalue weighted by Gasteiger charge is -2.41. The van der Waals surface area contributed by atoms with Gasteiger partial charge in [-0.3, -0.25) is 48.1 Å². The number of likely N-dealkylation sites (tertiary alicyclic amines) is 1. The van der Waals surface area contributed by atoms with Crippen LogP contribution in [0.5, 0.6) is 0 Å². The highest BCUT2D eigenvalue weighted by molar-refractivity contribution is 8.23. The molecule has 104 heavy (non-hydrogen) atoms. The molecule has 6 rings (SSSR count). The number of carbonyl (C=O) groups is 11. The molecule has 2 unspecified atom stereocenters. The number of nitrogens with one attached hydrogen (secondary N) is 3. The first-order chi connectivity index (χ1) is 49.1. The van der Waals surface area contributed by atoms with Gasteiger partial charge in [0.2, 0.25) is 33.7 Å². The zero-order valence-electron chi connectivity index (χ0n) is 63.0. The Morgan fingerprint density at radius 1 is 0.788 bits per heavy atom. The van der Waals surface area contributed by atoms with Crippen LogP contribution in [0.1, 0.15) is 151 Å². The van der Waals surface area contributed by atoms with Crippen LogP contribution in [-0.4, -0.2) is 222 Å². The normalized spacial score (nSPS) is 20.3. The highest BCUT2D eigenvalue weighted by atomic mass is 32.2. The summed E-state index contributed by atoms with van der Waals surface area (Å²) < 4.78 is 46.6. The second-order valence-electron chi connectivity index (χ2n) is 29.0. The Bertz CT molecular complexity index is 3470. The Kier molecular flexibility index (Phi) is 33.3. The molecule has 578 valence electrons. The summed E-state index contributed by atoms with van der Waals surface area (Å²) in [5.74, 6) is -8.23. The first kappa shape index (κ1) is 86.5. The zero-order valence-corrected chi connectivity index (χ0v) is 66.2. The van der Waals surface area contributed by atoms with Gasteiger partial charge in [-0.15, -0.1) is 23.5 Å². The van der Waals surface area contributed by atoms with Crippen molar-refractivity contribution in [2.24, 2.45) is 53.1 Å². The number of nitrogens with zero attached hydrogens (tertiary/aromatic N) is 5. The number of anilines is 1. The number of aliphatic hydroxyl groups excluding tert-OH is 1. The lowest BCUT2D eigenvalue weighted by Crippen LogP contribution is -2.54. The standard InChI is InChI=1S/C74H111N9O17S4/c1-16-45(8)63(59(98-13)38-60(87)81-31-21-25-54(81)65(99-14)47(10)56(84)34-46(9)64(88)49-22-18-17-19-23-49)79(11)70(91)53(42(2)3)37-58(86)62(44(6)7)80(12)74(95)100-40-48-26-28-51(29-27-48)77-68(89)50(24-20-30-76-73(75)94)35-57(85)61(43(4)5)78-69(90)55-36-52(39-82(55)104(96,97)33-32-101-15)83-71(92)66-67(72(83)93)103-41-102-66/h17-19,22-23,26-29,42-47,50,52-55,59,61-65,88H,16,20-21,24-25,30-41H2,1-15H3,(H,77,89)(H,78,90)(H3,75,76,94)/t45?,46-,47-,50+,52-,53-,54-,55-,59?,61-,62-,63-,64+,65+/m0/s1. The number of aliphatic hydroxyl groups is 1. The SMILES string of the molecule is CCC(C)[C@@H](C(CC(=O)N1CCC[C@H]1[C@H](OC)[C@@H](C)C(=O)C[C@H](C)[C@@H](O)c1ccccc1)OC)N(C)C(=O)[C@@H](CC(=O)[C@H](C(C)C)N(C)C(=O)OCc1ccc(NC(=O)[C@H](CCCNC(N)=O)CC(=O)[C@@H](NC(=O)[C@@H]2C[C@H](N3C(=O)C4=C(SCS4)C3=O)CN2S(=O)(=O)CCSC)C(C)C)cc1)C(C)C. The van der Waals surface area contributed by atoms with Crippen LogP contribution in [0.4, 0.5) is 15.3 Å². The quantitative estimate of drug-likeness (QED) is 0.0311. The second-order valence-corrected chi connectivity index (χ2v) is 34.4. The highest BCUT2D eigenvalue weighted by Crippen LogP contribution is 2.47. The molecule has 0 saturated carbocycles. The molecule has 14 atom stereocenters. The van der Waals surface area contributed by atoms with Crippen molar-refractivity contribution in [3.8, 4) is 0 Å². The van der Waals surface area contributed by atoms with Crippen molar-refractivity contribution in [1.82, 2.24) is 34.5 Å². The number of urea groups is 1. The predicted octanol–water partition coefficient (Wildman–Crippen LogP) is 8.02. The van der Waals surface area contributed by atoms with Crippen molar-refractivity contribution in [1.29, 1.82) is 0 Å². The van der Waals surface area contributed by atoms with Gasteiger partial charge in [-0.2, -0.15) is 16.1 Å². The maximum absolute atomic E-state index is 14.9. The maximum atomic E-state index is 14.9. The third kappa shape index (κ3) is 22.1. The van der Waals surface area contributed by atoms with Gasteiger partial charge < -0.3 is 55.7 Å². The number of benzene rings is 2. The van der Waals surface area contributed by atoms with Crippen LogP contribution in [0, 0.1) is 47.3 Å². The number of primary amides is 1. The van der Waals surface area contributed by atoms with E-state index in [0.717, 1.165) is 14.8 Å². The molecule has 6 N–H and O–H groups in total. The van der Waals surface area contributed by atoms with E-state index >= 15 is 0 Å². The smallest absolute Gasteiger partial charge is 0.410 e. The Morgan fingerprint density at radius 2 is 1.43 bits per heavy atom. The molecule has 2 aromatic carbocycles. The van der Waals surface area contributed by atoms with Crippen molar-refractivity contribution in [3.05, 3.63) is 75.5 Å². The molecule has 26 nitrogen and oxygen atoms in total. The number of nitrogens with two attached hydrogens (primary N) is 1. The fourth-order valence-corrected chi connectivity index (χ4v) is 19.8. The van der Waals surface area contributed by atoms with Crippen molar-refractivity contribution in [2.45, 2.75) is 195 Å². The van der Waals surface area contributed by atoms with Gasteiger partial charge in [0.05, 0.1) is 70.5 Å². The first-order valence-electron chi connectivity index (χ1n) is 36.1. The van der Waals surface area contributed by atoms with Crippen LogP contribution in [0.15, 0.2) is 64.4 Å². The summed E-state index contributed by atoms with van der Waals surface area (Å²) in [5.41, 5.74) is 6.87. The number of thioether (sulfide) groups is 3. The fourth-order valence-electron chi connectivity index (χ4n) is 14.7. The number of ketones is 3. The summed E-state index contributed by atoms with van der Waals surface area (Å²) >= 11 is 3.76. The lowest BCUT2D eigenvalue weighted by molar-refractivity contribution is -0.149. The zero-order chi connectivity index (χ0) is 77.2. The van der Waals surface area contributed by atoms with E-state index in [2.05, 4.69) is 16.0 Å². The van der Waals surface area contributed by atoms with Gasteiger partial charge in [-0.1, -0.05) is 118 Å². The summed E-state index contributed by atoms with van der Waals surface area (Å²) in [6, 6.07) is 9.29. The monoisotopic (exact) mass is 1530 g/mol. The van der Waals surface area contributed by atoms with E-state index in [-0.39, 0.29) is 117 Å². The molecule has 2 fully saturated rings. The minimum absolute atomic E-state index is 0.0690. The van der Waals surface area contributed by atoms with Crippen molar-refractivity contribution in [2.75, 3.05) is 76.1 Å². The van der Waals surface area contributed by atoms with Crippen LogP contribution < -0.4 is 21.7 Å². The van der Waals surface area contributed by atoms with Crippen LogP contribution in [0.2, 0.25) is 0 Å².